The first kappa shape index (κ1) is 15.3. The monoisotopic (exact) mass is 315 g/mol. The zero-order chi connectivity index (χ0) is 16.6. The molecule has 23 heavy (non-hydrogen) atoms. The van der Waals surface area contributed by atoms with Crippen molar-refractivity contribution < 1.29 is 9.59 Å². The van der Waals surface area contributed by atoms with Gasteiger partial charge in [-0.15, -0.1) is 0 Å². The van der Waals surface area contributed by atoms with E-state index in [2.05, 4.69) is 10.3 Å². The van der Waals surface area contributed by atoms with Gasteiger partial charge < -0.3 is 19.5 Å². The number of carbonyl (C=O) groups is 2. The molecule has 0 aliphatic carbocycles. The van der Waals surface area contributed by atoms with E-state index in [1.54, 1.807) is 30.1 Å². The average Bonchev–Trinajstić information content (AvgIpc) is 3.15. The van der Waals surface area contributed by atoms with Gasteiger partial charge in [0, 0.05) is 45.8 Å². The number of nitrogens with zero attached hydrogens (tertiary/aromatic N) is 4. The van der Waals surface area contributed by atoms with Gasteiger partial charge >= 0.3 is 6.03 Å². The second-order valence-corrected chi connectivity index (χ2v) is 6.16. The van der Waals surface area contributed by atoms with Gasteiger partial charge in [-0.3, -0.25) is 4.79 Å². The molecule has 0 bridgehead atoms. The molecule has 7 nitrogen and oxygen atoms in total. The molecule has 0 aromatic carbocycles. The van der Waals surface area contributed by atoms with Gasteiger partial charge in [-0.2, -0.15) is 0 Å². The lowest BCUT2D eigenvalue weighted by Gasteiger charge is -2.19. The predicted octanol–water partition coefficient (Wildman–Crippen LogP) is 1.58. The standard InChI is InChI=1S/C16H21N5O2/c1-11-8-13(10-20-7-5-17-14(11)20)18-16(23)21-6-4-12(9-21)15(22)19(2)3/h5,7-8,10,12H,4,6,9H2,1-3H3,(H,18,23). The van der Waals surface area contributed by atoms with E-state index in [-0.39, 0.29) is 17.9 Å². The number of aryl methyl sites for hydroxylation is 1. The fourth-order valence-corrected chi connectivity index (χ4v) is 2.99. The molecule has 3 rings (SSSR count). The number of anilines is 1. The number of hydrogen-bond donors (Lipinski definition) is 1. The summed E-state index contributed by atoms with van der Waals surface area (Å²) in [4.78, 5) is 31.9. The minimum absolute atomic E-state index is 0.0796. The molecule has 1 fully saturated rings. The molecular formula is C16H21N5O2. The van der Waals surface area contributed by atoms with Gasteiger partial charge in [0.15, 0.2) is 0 Å². The molecule has 2 aromatic rings. The summed E-state index contributed by atoms with van der Waals surface area (Å²) in [5.41, 5.74) is 2.59. The summed E-state index contributed by atoms with van der Waals surface area (Å²) >= 11 is 0. The van der Waals surface area contributed by atoms with Crippen LogP contribution in [-0.4, -0.2) is 58.3 Å². The van der Waals surface area contributed by atoms with E-state index < -0.39 is 0 Å². The highest BCUT2D eigenvalue weighted by molar-refractivity contribution is 5.90. The molecule has 122 valence electrons. The Bertz CT molecular complexity index is 752. The van der Waals surface area contributed by atoms with Crippen LogP contribution in [0.3, 0.4) is 0 Å². The molecule has 0 saturated carbocycles. The summed E-state index contributed by atoms with van der Waals surface area (Å²) in [5, 5.41) is 2.91. The van der Waals surface area contributed by atoms with Gasteiger partial charge in [0.05, 0.1) is 11.6 Å². The number of amides is 3. The third-order valence-corrected chi connectivity index (χ3v) is 4.19. The highest BCUT2D eigenvalue weighted by atomic mass is 16.2. The normalized spacial score (nSPS) is 17.5. The lowest BCUT2D eigenvalue weighted by Crippen LogP contribution is -2.36. The Kier molecular flexibility index (Phi) is 3.94. The van der Waals surface area contributed by atoms with Gasteiger partial charge in [-0.05, 0) is 25.0 Å². The topological polar surface area (TPSA) is 70.0 Å². The Morgan fingerprint density at radius 3 is 2.91 bits per heavy atom. The molecule has 3 amide bonds. The molecule has 1 saturated heterocycles. The van der Waals surface area contributed by atoms with Crippen molar-refractivity contribution in [1.82, 2.24) is 19.2 Å². The fraction of sp³-hybridized carbons (Fsp3) is 0.438. The average molecular weight is 315 g/mol. The molecule has 1 unspecified atom stereocenters. The minimum atomic E-state index is -0.169. The summed E-state index contributed by atoms with van der Waals surface area (Å²) in [6.45, 7) is 3.02. The van der Waals surface area contributed by atoms with Crippen LogP contribution in [0.4, 0.5) is 10.5 Å². The Morgan fingerprint density at radius 2 is 2.17 bits per heavy atom. The van der Waals surface area contributed by atoms with Gasteiger partial charge in [-0.25, -0.2) is 9.78 Å². The van der Waals surface area contributed by atoms with Crippen LogP contribution in [0.15, 0.2) is 24.7 Å². The number of carbonyl (C=O) groups excluding carboxylic acids is 2. The number of imidazole rings is 1. The first-order valence-electron chi connectivity index (χ1n) is 7.66. The van der Waals surface area contributed by atoms with Crippen molar-refractivity contribution in [3.63, 3.8) is 0 Å². The van der Waals surface area contributed by atoms with Crippen molar-refractivity contribution in [3.05, 3.63) is 30.2 Å². The summed E-state index contributed by atoms with van der Waals surface area (Å²) in [7, 11) is 3.49. The smallest absolute Gasteiger partial charge is 0.321 e. The Balaban J connectivity index is 1.68. The molecule has 0 spiro atoms. The van der Waals surface area contributed by atoms with Crippen LogP contribution in [0.25, 0.3) is 5.65 Å². The molecule has 1 N–H and O–H groups in total. The number of pyridine rings is 1. The van der Waals surface area contributed by atoms with E-state index in [9.17, 15) is 9.59 Å². The van der Waals surface area contributed by atoms with Crippen molar-refractivity contribution in [1.29, 1.82) is 0 Å². The third-order valence-electron chi connectivity index (χ3n) is 4.19. The Labute approximate surface area is 134 Å². The fourth-order valence-electron chi connectivity index (χ4n) is 2.99. The van der Waals surface area contributed by atoms with Crippen LogP contribution >= 0.6 is 0 Å². The van der Waals surface area contributed by atoms with E-state index in [0.29, 0.717) is 19.5 Å². The lowest BCUT2D eigenvalue weighted by molar-refractivity contribution is -0.132. The van der Waals surface area contributed by atoms with Crippen molar-refractivity contribution in [2.75, 3.05) is 32.5 Å². The Morgan fingerprint density at radius 1 is 1.39 bits per heavy atom. The van der Waals surface area contributed by atoms with E-state index in [4.69, 9.17) is 0 Å². The lowest BCUT2D eigenvalue weighted by atomic mass is 10.1. The molecular weight excluding hydrogens is 294 g/mol. The van der Waals surface area contributed by atoms with Crippen LogP contribution in [0.2, 0.25) is 0 Å². The van der Waals surface area contributed by atoms with Crippen LogP contribution in [-0.2, 0) is 4.79 Å². The highest BCUT2D eigenvalue weighted by Crippen LogP contribution is 2.20. The quantitative estimate of drug-likeness (QED) is 0.915. The first-order chi connectivity index (χ1) is 11.0. The maximum absolute atomic E-state index is 12.4. The maximum atomic E-state index is 12.4. The molecule has 7 heteroatoms. The highest BCUT2D eigenvalue weighted by Gasteiger charge is 2.31. The number of urea groups is 1. The molecule has 3 heterocycles. The van der Waals surface area contributed by atoms with Crippen LogP contribution in [0, 0.1) is 12.8 Å². The van der Waals surface area contributed by atoms with Crippen molar-refractivity contribution >= 4 is 23.3 Å². The van der Waals surface area contributed by atoms with Gasteiger partial charge in [0.25, 0.3) is 0 Å². The Hall–Kier alpha value is -2.57. The van der Waals surface area contributed by atoms with Crippen LogP contribution in [0.5, 0.6) is 0 Å². The number of fused-ring (bicyclic) bond motifs is 1. The molecule has 1 aliphatic heterocycles. The van der Waals surface area contributed by atoms with E-state index in [1.807, 2.05) is 29.8 Å². The second kappa shape index (κ2) is 5.91. The number of hydrogen-bond acceptors (Lipinski definition) is 3. The summed E-state index contributed by atoms with van der Waals surface area (Å²) < 4.78 is 1.88. The third kappa shape index (κ3) is 2.99. The van der Waals surface area contributed by atoms with Crippen LogP contribution in [0.1, 0.15) is 12.0 Å². The van der Waals surface area contributed by atoms with Crippen molar-refractivity contribution in [2.45, 2.75) is 13.3 Å². The number of aromatic nitrogens is 2. The summed E-state index contributed by atoms with van der Waals surface area (Å²) in [5.74, 6) is -0.0235. The molecule has 1 aliphatic rings. The zero-order valence-electron chi connectivity index (χ0n) is 13.6. The van der Waals surface area contributed by atoms with Crippen LogP contribution < -0.4 is 5.32 Å². The van der Waals surface area contributed by atoms with Crippen molar-refractivity contribution in [3.8, 4) is 0 Å². The summed E-state index contributed by atoms with van der Waals surface area (Å²) in [6, 6.07) is 1.73. The number of rotatable bonds is 2. The van der Waals surface area contributed by atoms with E-state index >= 15 is 0 Å². The van der Waals surface area contributed by atoms with Crippen molar-refractivity contribution in [2.24, 2.45) is 5.92 Å². The molecule has 1 atom stereocenters. The SMILES string of the molecule is Cc1cc(NC(=O)N2CCC(C(=O)N(C)C)C2)cn2ccnc12. The number of nitrogens with one attached hydrogen (secondary N) is 1. The number of likely N-dealkylation sites (tertiary alicyclic amines) is 1. The minimum Gasteiger partial charge on any atom is -0.349 e. The van der Waals surface area contributed by atoms with Gasteiger partial charge in [0.2, 0.25) is 5.91 Å². The van der Waals surface area contributed by atoms with E-state index in [0.717, 1.165) is 16.9 Å². The molecule has 2 aromatic heterocycles. The van der Waals surface area contributed by atoms with Gasteiger partial charge in [0.1, 0.15) is 5.65 Å². The summed E-state index contributed by atoms with van der Waals surface area (Å²) in [6.07, 6.45) is 6.13. The second-order valence-electron chi connectivity index (χ2n) is 6.16. The molecule has 0 radical (unpaired) electrons. The maximum Gasteiger partial charge on any atom is 0.321 e. The largest absolute Gasteiger partial charge is 0.349 e. The van der Waals surface area contributed by atoms with Gasteiger partial charge in [-0.1, -0.05) is 0 Å². The zero-order valence-corrected chi connectivity index (χ0v) is 13.6. The predicted molar refractivity (Wildman–Crippen MR) is 87.3 cm³/mol. The van der Waals surface area contributed by atoms with E-state index in [1.165, 1.54) is 0 Å². The first-order valence-corrected chi connectivity index (χ1v) is 7.66.